The van der Waals surface area contributed by atoms with Crippen molar-refractivity contribution in [2.24, 2.45) is 0 Å². The van der Waals surface area contributed by atoms with Crippen molar-refractivity contribution in [3.05, 3.63) is 0 Å². The average molecular weight is 244 g/mol. The van der Waals surface area contributed by atoms with E-state index in [1.54, 1.807) is 6.92 Å². The molecule has 2 heteroatoms. The molecule has 0 fully saturated rings. The lowest BCUT2D eigenvalue weighted by Crippen LogP contribution is -2.28. The van der Waals surface area contributed by atoms with Crippen LogP contribution in [-0.2, 0) is 4.74 Å². The van der Waals surface area contributed by atoms with Crippen molar-refractivity contribution in [2.45, 2.75) is 90.8 Å². The number of unbranched alkanes of at least 4 members (excludes halogenated alkanes) is 7. The van der Waals surface area contributed by atoms with Crippen LogP contribution in [0.4, 0.5) is 0 Å². The Morgan fingerprint density at radius 1 is 0.824 bits per heavy atom. The maximum absolute atomic E-state index is 9.96. The van der Waals surface area contributed by atoms with E-state index in [0.29, 0.717) is 6.61 Å². The lowest BCUT2D eigenvalue weighted by Gasteiger charge is -2.23. The van der Waals surface area contributed by atoms with E-state index in [4.69, 9.17) is 4.74 Å². The average Bonchev–Trinajstić information content (AvgIpc) is 2.28. The molecule has 0 radical (unpaired) electrons. The summed E-state index contributed by atoms with van der Waals surface area (Å²) in [4.78, 5) is 0. The number of hydrogen-bond donors (Lipinski definition) is 1. The Morgan fingerprint density at radius 2 is 1.35 bits per heavy atom. The molecule has 0 saturated carbocycles. The molecule has 0 amide bonds. The van der Waals surface area contributed by atoms with Gasteiger partial charge in [-0.15, -0.1) is 0 Å². The van der Waals surface area contributed by atoms with E-state index in [1.807, 2.05) is 0 Å². The predicted molar refractivity (Wildman–Crippen MR) is 74.1 cm³/mol. The zero-order valence-electron chi connectivity index (χ0n) is 12.1. The van der Waals surface area contributed by atoms with Gasteiger partial charge in [-0.3, -0.25) is 0 Å². The van der Waals surface area contributed by atoms with E-state index in [2.05, 4.69) is 13.8 Å². The lowest BCUT2D eigenvalue weighted by molar-refractivity contribution is -0.195. The van der Waals surface area contributed by atoms with Crippen LogP contribution >= 0.6 is 0 Å². The molecule has 1 unspecified atom stereocenters. The molecule has 104 valence electrons. The highest BCUT2D eigenvalue weighted by atomic mass is 16.6. The molecule has 1 atom stereocenters. The molecular weight excluding hydrogens is 212 g/mol. The van der Waals surface area contributed by atoms with Crippen LogP contribution in [0.25, 0.3) is 0 Å². The first-order valence-electron chi connectivity index (χ1n) is 7.48. The van der Waals surface area contributed by atoms with Crippen molar-refractivity contribution in [1.29, 1.82) is 0 Å². The molecule has 0 saturated heterocycles. The van der Waals surface area contributed by atoms with Crippen LogP contribution < -0.4 is 0 Å². The fourth-order valence-electron chi connectivity index (χ4n) is 1.92. The molecule has 1 N–H and O–H groups in total. The standard InChI is InChI=1S/C15H32O2/c1-4-6-8-9-10-11-12-13-15(3,16)17-14-7-5-2/h16H,4-14H2,1-3H3. The molecule has 0 aromatic heterocycles. The lowest BCUT2D eigenvalue weighted by atomic mass is 10.1. The van der Waals surface area contributed by atoms with Crippen molar-refractivity contribution < 1.29 is 9.84 Å². The summed E-state index contributed by atoms with van der Waals surface area (Å²) in [5.41, 5.74) is 0. The van der Waals surface area contributed by atoms with Gasteiger partial charge in [-0.25, -0.2) is 0 Å². The van der Waals surface area contributed by atoms with E-state index < -0.39 is 5.79 Å². The van der Waals surface area contributed by atoms with Crippen molar-refractivity contribution in [3.63, 3.8) is 0 Å². The highest BCUT2D eigenvalue weighted by molar-refractivity contribution is 4.60. The number of hydrogen-bond acceptors (Lipinski definition) is 2. The molecule has 2 nitrogen and oxygen atoms in total. The maximum Gasteiger partial charge on any atom is 0.162 e. The van der Waals surface area contributed by atoms with Gasteiger partial charge < -0.3 is 9.84 Å². The first kappa shape index (κ1) is 16.9. The largest absolute Gasteiger partial charge is 0.366 e. The summed E-state index contributed by atoms with van der Waals surface area (Å²) in [7, 11) is 0. The van der Waals surface area contributed by atoms with Crippen LogP contribution in [0.5, 0.6) is 0 Å². The SMILES string of the molecule is CCCCCCCCCC(C)(O)OCCCC. The van der Waals surface area contributed by atoms with Crippen LogP contribution in [0.1, 0.15) is 85.0 Å². The first-order valence-corrected chi connectivity index (χ1v) is 7.48. The van der Waals surface area contributed by atoms with Crippen LogP contribution in [0.2, 0.25) is 0 Å². The minimum Gasteiger partial charge on any atom is -0.366 e. The Labute approximate surface area is 108 Å². The molecule has 0 bridgehead atoms. The zero-order chi connectivity index (χ0) is 13.0. The minimum atomic E-state index is -0.904. The van der Waals surface area contributed by atoms with Gasteiger partial charge >= 0.3 is 0 Å². The van der Waals surface area contributed by atoms with Gasteiger partial charge in [0.2, 0.25) is 0 Å². The summed E-state index contributed by atoms with van der Waals surface area (Å²) in [5.74, 6) is -0.904. The van der Waals surface area contributed by atoms with Gasteiger partial charge in [0.1, 0.15) is 0 Å². The Balaban J connectivity index is 3.32. The zero-order valence-corrected chi connectivity index (χ0v) is 12.1. The van der Waals surface area contributed by atoms with Gasteiger partial charge in [-0.1, -0.05) is 58.8 Å². The summed E-state index contributed by atoms with van der Waals surface area (Å²) in [6.07, 6.45) is 11.9. The van der Waals surface area contributed by atoms with Crippen LogP contribution in [0, 0.1) is 0 Å². The summed E-state index contributed by atoms with van der Waals surface area (Å²) < 4.78 is 5.47. The smallest absolute Gasteiger partial charge is 0.162 e. The monoisotopic (exact) mass is 244 g/mol. The normalized spacial score (nSPS) is 14.8. The minimum absolute atomic E-state index is 0.681. The van der Waals surface area contributed by atoms with Crippen molar-refractivity contribution in [2.75, 3.05) is 6.61 Å². The molecule has 0 rings (SSSR count). The number of ether oxygens (including phenoxy) is 1. The van der Waals surface area contributed by atoms with Gasteiger partial charge in [-0.05, 0) is 19.8 Å². The highest BCUT2D eigenvalue weighted by Crippen LogP contribution is 2.17. The molecule has 0 spiro atoms. The molecular formula is C15H32O2. The second-order valence-corrected chi connectivity index (χ2v) is 5.25. The van der Waals surface area contributed by atoms with E-state index in [9.17, 15) is 5.11 Å². The van der Waals surface area contributed by atoms with Crippen molar-refractivity contribution in [1.82, 2.24) is 0 Å². The van der Waals surface area contributed by atoms with Crippen LogP contribution in [0.3, 0.4) is 0 Å². The highest BCUT2D eigenvalue weighted by Gasteiger charge is 2.19. The van der Waals surface area contributed by atoms with Gasteiger partial charge in [0.15, 0.2) is 5.79 Å². The number of aliphatic hydroxyl groups is 1. The molecule has 0 heterocycles. The Hall–Kier alpha value is -0.0800. The Morgan fingerprint density at radius 3 is 1.94 bits per heavy atom. The summed E-state index contributed by atoms with van der Waals surface area (Å²) in [6, 6.07) is 0. The summed E-state index contributed by atoms with van der Waals surface area (Å²) in [5, 5.41) is 9.96. The summed E-state index contributed by atoms with van der Waals surface area (Å²) in [6.45, 7) is 6.85. The quantitative estimate of drug-likeness (QED) is 0.400. The third kappa shape index (κ3) is 12.2. The van der Waals surface area contributed by atoms with E-state index in [1.165, 1.54) is 38.5 Å². The third-order valence-corrected chi connectivity index (χ3v) is 3.16. The molecule has 17 heavy (non-hydrogen) atoms. The van der Waals surface area contributed by atoms with E-state index >= 15 is 0 Å². The fraction of sp³-hybridized carbons (Fsp3) is 1.00. The van der Waals surface area contributed by atoms with Crippen molar-refractivity contribution >= 4 is 0 Å². The molecule has 0 aromatic rings. The fourth-order valence-corrected chi connectivity index (χ4v) is 1.92. The molecule has 0 aliphatic heterocycles. The van der Waals surface area contributed by atoms with Gasteiger partial charge in [-0.2, -0.15) is 0 Å². The first-order chi connectivity index (χ1) is 8.12. The van der Waals surface area contributed by atoms with Crippen LogP contribution in [0.15, 0.2) is 0 Å². The Kier molecular flexibility index (Phi) is 11.0. The van der Waals surface area contributed by atoms with Crippen molar-refractivity contribution in [3.8, 4) is 0 Å². The third-order valence-electron chi connectivity index (χ3n) is 3.16. The summed E-state index contributed by atoms with van der Waals surface area (Å²) >= 11 is 0. The van der Waals surface area contributed by atoms with Gasteiger partial charge in [0.05, 0.1) is 0 Å². The second-order valence-electron chi connectivity index (χ2n) is 5.25. The van der Waals surface area contributed by atoms with E-state index in [-0.39, 0.29) is 0 Å². The van der Waals surface area contributed by atoms with Crippen LogP contribution in [-0.4, -0.2) is 17.5 Å². The Bertz CT molecular complexity index is 155. The molecule has 0 aliphatic carbocycles. The topological polar surface area (TPSA) is 29.5 Å². The van der Waals surface area contributed by atoms with Gasteiger partial charge in [0, 0.05) is 13.0 Å². The second kappa shape index (κ2) is 11.0. The maximum atomic E-state index is 9.96. The molecule has 0 aliphatic rings. The molecule has 0 aromatic carbocycles. The number of rotatable bonds is 12. The predicted octanol–water partition coefficient (Wildman–Crippen LogP) is 4.65. The van der Waals surface area contributed by atoms with E-state index in [0.717, 1.165) is 25.7 Å². The van der Waals surface area contributed by atoms with Gasteiger partial charge in [0.25, 0.3) is 0 Å².